The molecule has 0 bridgehead atoms. The monoisotopic (exact) mass is 185 g/mol. The van der Waals surface area contributed by atoms with Crippen LogP contribution in [0.5, 0.6) is 0 Å². The fraction of sp³-hybridized carbons (Fsp3) is 0.778. The van der Waals surface area contributed by atoms with Crippen LogP contribution in [0.25, 0.3) is 0 Å². The summed E-state index contributed by atoms with van der Waals surface area (Å²) in [6, 6.07) is 0. The van der Waals surface area contributed by atoms with E-state index in [2.05, 4.69) is 5.16 Å². The van der Waals surface area contributed by atoms with Crippen molar-refractivity contribution in [3.8, 4) is 0 Å². The third-order valence-corrected chi connectivity index (χ3v) is 2.57. The number of oxime groups is 1. The third kappa shape index (κ3) is 1.66. The quantitative estimate of drug-likeness (QED) is 0.403. The minimum absolute atomic E-state index is 0.277. The van der Waals surface area contributed by atoms with Gasteiger partial charge in [0.2, 0.25) is 0 Å². The SMILES string of the molecule is CCOC(=O)C1(C)CCC/C1=N\O. The van der Waals surface area contributed by atoms with Crippen molar-refractivity contribution in [2.24, 2.45) is 10.6 Å². The van der Waals surface area contributed by atoms with E-state index < -0.39 is 5.41 Å². The summed E-state index contributed by atoms with van der Waals surface area (Å²) in [6.45, 7) is 3.91. The molecule has 4 nitrogen and oxygen atoms in total. The molecule has 1 atom stereocenters. The van der Waals surface area contributed by atoms with E-state index in [0.29, 0.717) is 25.2 Å². The van der Waals surface area contributed by atoms with Crippen molar-refractivity contribution in [3.63, 3.8) is 0 Å². The molecule has 0 aliphatic heterocycles. The molecule has 0 spiro atoms. The summed E-state index contributed by atoms with van der Waals surface area (Å²) < 4.78 is 4.93. The lowest BCUT2D eigenvalue weighted by molar-refractivity contribution is -0.150. The van der Waals surface area contributed by atoms with Gasteiger partial charge in [-0.15, -0.1) is 0 Å². The molecule has 0 radical (unpaired) electrons. The lowest BCUT2D eigenvalue weighted by atomic mass is 9.87. The zero-order valence-electron chi connectivity index (χ0n) is 8.04. The first-order valence-electron chi connectivity index (χ1n) is 4.53. The second-order valence-corrected chi connectivity index (χ2v) is 3.45. The minimum Gasteiger partial charge on any atom is -0.465 e. The van der Waals surface area contributed by atoms with Crippen molar-refractivity contribution in [2.45, 2.75) is 33.1 Å². The predicted octanol–water partition coefficient (Wildman–Crippen LogP) is 1.57. The van der Waals surface area contributed by atoms with E-state index in [9.17, 15) is 4.79 Å². The van der Waals surface area contributed by atoms with Crippen LogP contribution in [-0.4, -0.2) is 23.5 Å². The maximum atomic E-state index is 11.5. The second-order valence-electron chi connectivity index (χ2n) is 3.45. The van der Waals surface area contributed by atoms with Crippen LogP contribution in [0, 0.1) is 5.41 Å². The molecule has 74 valence electrons. The number of esters is 1. The van der Waals surface area contributed by atoms with Crippen molar-refractivity contribution >= 4 is 11.7 Å². The van der Waals surface area contributed by atoms with Gasteiger partial charge in [0, 0.05) is 0 Å². The maximum Gasteiger partial charge on any atom is 0.317 e. The fourth-order valence-electron chi connectivity index (χ4n) is 1.70. The third-order valence-electron chi connectivity index (χ3n) is 2.57. The van der Waals surface area contributed by atoms with E-state index in [1.807, 2.05) is 0 Å². The Balaban J connectivity index is 2.80. The van der Waals surface area contributed by atoms with Crippen LogP contribution in [-0.2, 0) is 9.53 Å². The Morgan fingerprint density at radius 1 is 1.77 bits per heavy atom. The molecule has 1 fully saturated rings. The normalized spacial score (nSPS) is 30.8. The molecule has 1 aliphatic rings. The molecule has 0 saturated heterocycles. The molecule has 1 unspecified atom stereocenters. The zero-order chi connectivity index (χ0) is 9.90. The number of rotatable bonds is 2. The molecule has 1 rings (SSSR count). The van der Waals surface area contributed by atoms with E-state index in [-0.39, 0.29) is 5.97 Å². The van der Waals surface area contributed by atoms with E-state index in [0.717, 1.165) is 6.42 Å². The summed E-state index contributed by atoms with van der Waals surface area (Å²) in [6.07, 6.45) is 2.28. The highest BCUT2D eigenvalue weighted by atomic mass is 16.5. The number of hydrogen-bond acceptors (Lipinski definition) is 4. The van der Waals surface area contributed by atoms with Crippen molar-refractivity contribution in [2.75, 3.05) is 6.61 Å². The van der Waals surface area contributed by atoms with E-state index in [1.54, 1.807) is 13.8 Å². The van der Waals surface area contributed by atoms with Gasteiger partial charge < -0.3 is 9.94 Å². The molecule has 0 heterocycles. The number of hydrogen-bond donors (Lipinski definition) is 1. The van der Waals surface area contributed by atoms with Crippen molar-refractivity contribution < 1.29 is 14.7 Å². The van der Waals surface area contributed by atoms with Gasteiger partial charge in [0.25, 0.3) is 0 Å². The number of ether oxygens (including phenoxy) is 1. The van der Waals surface area contributed by atoms with Crippen molar-refractivity contribution in [1.82, 2.24) is 0 Å². The van der Waals surface area contributed by atoms with Gasteiger partial charge in [0.15, 0.2) is 0 Å². The molecular formula is C9H15NO3. The molecule has 13 heavy (non-hydrogen) atoms. The standard InChI is InChI=1S/C9H15NO3/c1-3-13-8(11)9(2)6-4-5-7(9)10-12/h12H,3-6H2,1-2H3/b10-7+. The smallest absolute Gasteiger partial charge is 0.317 e. The van der Waals surface area contributed by atoms with Gasteiger partial charge in [0.05, 0.1) is 12.3 Å². The minimum atomic E-state index is -0.690. The largest absolute Gasteiger partial charge is 0.465 e. The topological polar surface area (TPSA) is 58.9 Å². The Morgan fingerprint density at radius 3 is 3.00 bits per heavy atom. The Hall–Kier alpha value is -1.06. The molecule has 1 aliphatic carbocycles. The molecule has 1 N–H and O–H groups in total. The van der Waals surface area contributed by atoms with E-state index >= 15 is 0 Å². The fourth-order valence-corrected chi connectivity index (χ4v) is 1.70. The molecule has 0 aromatic rings. The van der Waals surface area contributed by atoms with Gasteiger partial charge in [-0.05, 0) is 33.1 Å². The van der Waals surface area contributed by atoms with Crippen LogP contribution in [0.4, 0.5) is 0 Å². The lowest BCUT2D eigenvalue weighted by Crippen LogP contribution is -2.33. The van der Waals surface area contributed by atoms with Crippen LogP contribution in [0.1, 0.15) is 33.1 Å². The lowest BCUT2D eigenvalue weighted by Gasteiger charge is -2.20. The van der Waals surface area contributed by atoms with Crippen LogP contribution in [0.3, 0.4) is 0 Å². The second kappa shape index (κ2) is 3.77. The summed E-state index contributed by atoms with van der Waals surface area (Å²) in [5.41, 5.74) is -0.143. The highest BCUT2D eigenvalue weighted by Gasteiger charge is 2.44. The first-order valence-corrected chi connectivity index (χ1v) is 4.53. The summed E-state index contributed by atoms with van der Waals surface area (Å²) in [4.78, 5) is 11.5. The Morgan fingerprint density at radius 2 is 2.46 bits per heavy atom. The number of nitrogens with zero attached hydrogens (tertiary/aromatic N) is 1. The van der Waals surface area contributed by atoms with E-state index in [4.69, 9.17) is 9.94 Å². The average Bonchev–Trinajstić information content (AvgIpc) is 2.48. The van der Waals surface area contributed by atoms with Gasteiger partial charge in [-0.2, -0.15) is 0 Å². The van der Waals surface area contributed by atoms with Gasteiger partial charge >= 0.3 is 5.97 Å². The molecule has 0 aromatic carbocycles. The highest BCUT2D eigenvalue weighted by Crippen LogP contribution is 2.36. The summed E-state index contributed by atoms with van der Waals surface area (Å²) in [5, 5.41) is 11.9. The summed E-state index contributed by atoms with van der Waals surface area (Å²) in [5.74, 6) is -0.277. The maximum absolute atomic E-state index is 11.5. The first-order chi connectivity index (χ1) is 6.15. The molecular weight excluding hydrogens is 170 g/mol. The average molecular weight is 185 g/mol. The highest BCUT2D eigenvalue weighted by molar-refractivity contribution is 6.07. The number of carbonyl (C=O) groups excluding carboxylic acids is 1. The van der Waals surface area contributed by atoms with Crippen molar-refractivity contribution in [3.05, 3.63) is 0 Å². The summed E-state index contributed by atoms with van der Waals surface area (Å²) >= 11 is 0. The van der Waals surface area contributed by atoms with Crippen LogP contribution in [0.2, 0.25) is 0 Å². The van der Waals surface area contributed by atoms with Crippen LogP contribution >= 0.6 is 0 Å². The van der Waals surface area contributed by atoms with Crippen LogP contribution in [0.15, 0.2) is 5.16 Å². The Kier molecular flexibility index (Phi) is 2.90. The van der Waals surface area contributed by atoms with Crippen molar-refractivity contribution in [1.29, 1.82) is 0 Å². The van der Waals surface area contributed by atoms with Crippen LogP contribution < -0.4 is 0 Å². The van der Waals surface area contributed by atoms with Gasteiger partial charge in [0.1, 0.15) is 5.41 Å². The molecule has 0 aromatic heterocycles. The predicted molar refractivity (Wildman–Crippen MR) is 47.8 cm³/mol. The van der Waals surface area contributed by atoms with E-state index in [1.165, 1.54) is 0 Å². The Bertz CT molecular complexity index is 237. The first kappa shape index (κ1) is 10.0. The Labute approximate surface area is 77.6 Å². The molecule has 1 saturated carbocycles. The number of carbonyl (C=O) groups is 1. The van der Waals surface area contributed by atoms with Gasteiger partial charge in [-0.1, -0.05) is 5.16 Å². The van der Waals surface area contributed by atoms with Gasteiger partial charge in [-0.25, -0.2) is 0 Å². The zero-order valence-corrected chi connectivity index (χ0v) is 8.04. The summed E-state index contributed by atoms with van der Waals surface area (Å²) in [7, 11) is 0. The molecule has 4 heteroatoms. The molecule has 0 amide bonds. The van der Waals surface area contributed by atoms with Gasteiger partial charge in [-0.3, -0.25) is 4.79 Å².